The first-order chi connectivity index (χ1) is 6.67. The number of amides is 1. The van der Waals surface area contributed by atoms with Gasteiger partial charge >= 0.3 is 0 Å². The van der Waals surface area contributed by atoms with Crippen LogP contribution in [-0.2, 0) is 4.79 Å². The summed E-state index contributed by atoms with van der Waals surface area (Å²) in [5.74, 6) is 0.680. The van der Waals surface area contributed by atoms with Crippen molar-refractivity contribution in [3.8, 4) is 0 Å². The van der Waals surface area contributed by atoms with Crippen LogP contribution in [-0.4, -0.2) is 30.9 Å². The molecule has 2 saturated carbocycles. The van der Waals surface area contributed by atoms with Crippen LogP contribution in [0.25, 0.3) is 0 Å². The fraction of sp³-hybridized carbons (Fsp3) is 0.909. The Morgan fingerprint density at radius 2 is 2.14 bits per heavy atom. The first-order valence-electron chi connectivity index (χ1n) is 5.62. The molecule has 1 amide bonds. The quantitative estimate of drug-likeness (QED) is 0.728. The maximum atomic E-state index is 11.7. The molecular weight excluding hydrogens is 176 g/mol. The lowest BCUT2D eigenvalue weighted by atomic mass is 9.68. The number of carbonyl (C=O) groups excluding carboxylic acids is 1. The number of nitrogens with zero attached hydrogens (tertiary/aromatic N) is 1. The molecule has 0 aliphatic heterocycles. The summed E-state index contributed by atoms with van der Waals surface area (Å²) in [7, 11) is 1.93. The lowest BCUT2D eigenvalue weighted by molar-refractivity contribution is -0.133. The molecule has 2 aliphatic rings. The Kier molecular flexibility index (Phi) is 2.52. The van der Waals surface area contributed by atoms with Crippen molar-refractivity contribution in [1.82, 2.24) is 4.90 Å². The summed E-state index contributed by atoms with van der Waals surface area (Å²) in [6.07, 6.45) is 5.87. The van der Waals surface area contributed by atoms with Gasteiger partial charge in [-0.2, -0.15) is 0 Å². The van der Waals surface area contributed by atoms with Gasteiger partial charge in [-0.3, -0.25) is 4.79 Å². The van der Waals surface area contributed by atoms with Crippen molar-refractivity contribution < 1.29 is 4.79 Å². The standard InChI is InChI=1S/C11H20N2O/c1-13(10(14)9-3-4-9)8-11(7-12)5-2-6-11/h9H,2-8,12H2,1H3. The van der Waals surface area contributed by atoms with Crippen LogP contribution in [0.15, 0.2) is 0 Å². The third kappa shape index (κ3) is 1.78. The van der Waals surface area contributed by atoms with Gasteiger partial charge in [-0.1, -0.05) is 6.42 Å². The molecule has 0 aromatic rings. The second-order valence-corrected chi connectivity index (χ2v) is 5.03. The van der Waals surface area contributed by atoms with Gasteiger partial charge in [0.05, 0.1) is 0 Å². The van der Waals surface area contributed by atoms with Gasteiger partial charge in [0.15, 0.2) is 0 Å². The van der Waals surface area contributed by atoms with Gasteiger partial charge in [0.1, 0.15) is 0 Å². The average Bonchev–Trinajstić information content (AvgIpc) is 2.92. The molecule has 2 fully saturated rings. The van der Waals surface area contributed by atoms with Gasteiger partial charge in [-0.15, -0.1) is 0 Å². The molecule has 0 bridgehead atoms. The van der Waals surface area contributed by atoms with E-state index in [0.717, 1.165) is 25.9 Å². The summed E-state index contributed by atoms with van der Waals surface area (Å²) >= 11 is 0. The van der Waals surface area contributed by atoms with Crippen LogP contribution in [0, 0.1) is 11.3 Å². The fourth-order valence-corrected chi connectivity index (χ4v) is 2.33. The Balaban J connectivity index is 1.85. The fourth-order valence-electron chi connectivity index (χ4n) is 2.33. The van der Waals surface area contributed by atoms with Crippen molar-refractivity contribution in [2.45, 2.75) is 32.1 Å². The maximum Gasteiger partial charge on any atom is 0.225 e. The molecule has 0 aromatic carbocycles. The first-order valence-corrected chi connectivity index (χ1v) is 5.62. The summed E-state index contributed by atoms with van der Waals surface area (Å²) in [4.78, 5) is 13.6. The lowest BCUT2D eigenvalue weighted by Crippen LogP contribution is -2.47. The maximum absolute atomic E-state index is 11.7. The van der Waals surface area contributed by atoms with E-state index in [1.807, 2.05) is 11.9 Å². The molecule has 0 radical (unpaired) electrons. The Bertz CT molecular complexity index is 226. The predicted molar refractivity (Wildman–Crippen MR) is 55.7 cm³/mol. The van der Waals surface area contributed by atoms with E-state index in [1.165, 1.54) is 19.3 Å². The minimum atomic E-state index is 0.263. The van der Waals surface area contributed by atoms with Crippen LogP contribution in [0.4, 0.5) is 0 Å². The van der Waals surface area contributed by atoms with Crippen LogP contribution in [0.2, 0.25) is 0 Å². The van der Waals surface area contributed by atoms with Crippen molar-refractivity contribution in [1.29, 1.82) is 0 Å². The van der Waals surface area contributed by atoms with Gasteiger partial charge in [-0.25, -0.2) is 0 Å². The molecule has 3 nitrogen and oxygen atoms in total. The lowest BCUT2D eigenvalue weighted by Gasteiger charge is -2.43. The van der Waals surface area contributed by atoms with Gasteiger partial charge in [-0.05, 0) is 32.2 Å². The normalized spacial score (nSPS) is 24.1. The second-order valence-electron chi connectivity index (χ2n) is 5.03. The predicted octanol–water partition coefficient (Wildman–Crippen LogP) is 0.984. The number of hydrogen-bond acceptors (Lipinski definition) is 2. The van der Waals surface area contributed by atoms with Crippen molar-refractivity contribution in [2.75, 3.05) is 20.1 Å². The van der Waals surface area contributed by atoms with Crippen LogP contribution >= 0.6 is 0 Å². The molecule has 2 aliphatic carbocycles. The summed E-state index contributed by atoms with van der Waals surface area (Å²) in [6.45, 7) is 1.61. The van der Waals surface area contributed by atoms with E-state index in [9.17, 15) is 4.79 Å². The van der Waals surface area contributed by atoms with Crippen LogP contribution < -0.4 is 5.73 Å². The first kappa shape index (κ1) is 9.97. The molecule has 0 atom stereocenters. The van der Waals surface area contributed by atoms with E-state index in [1.54, 1.807) is 0 Å². The van der Waals surface area contributed by atoms with E-state index >= 15 is 0 Å². The molecule has 0 saturated heterocycles. The molecule has 0 spiro atoms. The zero-order valence-corrected chi connectivity index (χ0v) is 8.96. The van der Waals surface area contributed by atoms with Gasteiger partial charge < -0.3 is 10.6 Å². The average molecular weight is 196 g/mol. The van der Waals surface area contributed by atoms with Gasteiger partial charge in [0.2, 0.25) is 5.91 Å². The SMILES string of the molecule is CN(CC1(CN)CCC1)C(=O)C1CC1. The minimum absolute atomic E-state index is 0.263. The number of nitrogens with two attached hydrogens (primary N) is 1. The molecule has 2 rings (SSSR count). The Hall–Kier alpha value is -0.570. The molecule has 3 heteroatoms. The Morgan fingerprint density at radius 1 is 1.50 bits per heavy atom. The molecule has 0 heterocycles. The number of carbonyl (C=O) groups is 1. The summed E-state index contributed by atoms with van der Waals surface area (Å²) < 4.78 is 0. The van der Waals surface area contributed by atoms with Crippen LogP contribution in [0.1, 0.15) is 32.1 Å². The molecule has 0 aromatic heterocycles. The Labute approximate surface area is 85.6 Å². The monoisotopic (exact) mass is 196 g/mol. The van der Waals surface area contributed by atoms with Gasteiger partial charge in [0, 0.05) is 24.9 Å². The Morgan fingerprint density at radius 3 is 2.50 bits per heavy atom. The second kappa shape index (κ2) is 3.54. The van der Waals surface area contributed by atoms with Crippen molar-refractivity contribution in [3.05, 3.63) is 0 Å². The summed E-state index contributed by atoms with van der Waals surface area (Å²) in [5, 5.41) is 0. The smallest absolute Gasteiger partial charge is 0.225 e. The highest BCUT2D eigenvalue weighted by atomic mass is 16.2. The highest BCUT2D eigenvalue weighted by Gasteiger charge is 2.39. The minimum Gasteiger partial charge on any atom is -0.345 e. The van der Waals surface area contributed by atoms with E-state index in [-0.39, 0.29) is 5.41 Å². The molecule has 80 valence electrons. The third-order valence-corrected chi connectivity index (χ3v) is 3.72. The number of hydrogen-bond donors (Lipinski definition) is 1. The van der Waals surface area contributed by atoms with Crippen molar-refractivity contribution in [2.24, 2.45) is 17.1 Å². The third-order valence-electron chi connectivity index (χ3n) is 3.72. The molecule has 2 N–H and O–H groups in total. The van der Waals surface area contributed by atoms with Crippen molar-refractivity contribution >= 4 is 5.91 Å². The van der Waals surface area contributed by atoms with E-state index in [0.29, 0.717) is 11.8 Å². The largest absolute Gasteiger partial charge is 0.345 e. The van der Waals surface area contributed by atoms with Crippen molar-refractivity contribution in [3.63, 3.8) is 0 Å². The molecule has 0 unspecified atom stereocenters. The zero-order chi connectivity index (χ0) is 10.2. The van der Waals surface area contributed by atoms with E-state index in [2.05, 4.69) is 0 Å². The summed E-state index contributed by atoms with van der Waals surface area (Å²) in [6, 6.07) is 0. The highest BCUT2D eigenvalue weighted by Crippen LogP contribution is 2.41. The topological polar surface area (TPSA) is 46.3 Å². The molecule has 14 heavy (non-hydrogen) atoms. The zero-order valence-electron chi connectivity index (χ0n) is 8.96. The van der Waals surface area contributed by atoms with Gasteiger partial charge in [0.25, 0.3) is 0 Å². The number of rotatable bonds is 4. The highest BCUT2D eigenvalue weighted by molar-refractivity contribution is 5.80. The summed E-state index contributed by atoms with van der Waals surface area (Å²) in [5.41, 5.74) is 6.03. The van der Waals surface area contributed by atoms with Crippen LogP contribution in [0.3, 0.4) is 0 Å². The molecular formula is C11H20N2O. The van der Waals surface area contributed by atoms with Crippen LogP contribution in [0.5, 0.6) is 0 Å². The van der Waals surface area contributed by atoms with E-state index in [4.69, 9.17) is 5.73 Å². The van der Waals surface area contributed by atoms with E-state index < -0.39 is 0 Å².